The highest BCUT2D eigenvalue weighted by atomic mass is 32.1. The maximum atomic E-state index is 12.0. The summed E-state index contributed by atoms with van der Waals surface area (Å²) in [6.07, 6.45) is 3.45. The number of aromatic nitrogens is 3. The van der Waals surface area contributed by atoms with Gasteiger partial charge in [-0.2, -0.15) is 0 Å². The molecule has 2 aromatic heterocycles. The van der Waals surface area contributed by atoms with Gasteiger partial charge in [0.15, 0.2) is 5.13 Å². The van der Waals surface area contributed by atoms with Crippen LogP contribution in [-0.4, -0.2) is 31.6 Å². The minimum Gasteiger partial charge on any atom is -0.381 e. The summed E-state index contributed by atoms with van der Waals surface area (Å²) in [4.78, 5) is 25.5. The topological polar surface area (TPSA) is 88.0 Å². The predicted octanol–water partition coefficient (Wildman–Crippen LogP) is 4.25. The maximum Gasteiger partial charge on any atom is 0.257 e. The monoisotopic (exact) mass is 418 g/mol. The van der Waals surface area contributed by atoms with Crippen LogP contribution < -0.4 is 5.32 Å². The number of carbonyl (C=O) groups excluding carboxylic acids is 1. The van der Waals surface area contributed by atoms with E-state index in [0.29, 0.717) is 5.13 Å². The molecule has 2 N–H and O–H groups in total. The number of aliphatic hydroxyl groups is 1. The van der Waals surface area contributed by atoms with Crippen LogP contribution in [0.1, 0.15) is 25.2 Å². The van der Waals surface area contributed by atoms with Gasteiger partial charge in [-0.1, -0.05) is 47.7 Å². The third kappa shape index (κ3) is 4.69. The molecule has 2 aromatic carbocycles. The van der Waals surface area contributed by atoms with Crippen molar-refractivity contribution in [1.82, 2.24) is 15.0 Å². The summed E-state index contributed by atoms with van der Waals surface area (Å²) in [5.74, 6) is 0.319. The number of nitrogens with zero attached hydrogens (tertiary/aromatic N) is 3. The van der Waals surface area contributed by atoms with Crippen molar-refractivity contribution in [2.24, 2.45) is 0 Å². The van der Waals surface area contributed by atoms with E-state index >= 15 is 0 Å². The van der Waals surface area contributed by atoms with E-state index in [2.05, 4.69) is 27.4 Å². The molecule has 0 aliphatic rings. The first kappa shape index (κ1) is 20.1. The van der Waals surface area contributed by atoms with Gasteiger partial charge in [0.25, 0.3) is 5.91 Å². The zero-order valence-corrected chi connectivity index (χ0v) is 17.6. The van der Waals surface area contributed by atoms with Gasteiger partial charge in [-0.05, 0) is 44.0 Å². The Labute approximate surface area is 178 Å². The Bertz CT molecular complexity index is 1180. The number of nitrogens with one attached hydrogen (secondary N) is 1. The van der Waals surface area contributed by atoms with Gasteiger partial charge >= 0.3 is 0 Å². The Morgan fingerprint density at radius 1 is 1.07 bits per heavy atom. The first-order valence-electron chi connectivity index (χ1n) is 9.69. The van der Waals surface area contributed by atoms with Crippen LogP contribution in [0.5, 0.6) is 0 Å². The lowest BCUT2D eigenvalue weighted by Crippen LogP contribution is -2.36. The zero-order chi connectivity index (χ0) is 21.1. The summed E-state index contributed by atoms with van der Waals surface area (Å²) in [6, 6.07) is 18.1. The number of hydrogen-bond acceptors (Lipinski definition) is 6. The van der Waals surface area contributed by atoms with Crippen LogP contribution in [-0.2, 0) is 17.6 Å². The molecule has 7 heteroatoms. The van der Waals surface area contributed by atoms with Crippen LogP contribution in [0.4, 0.5) is 5.13 Å². The second kappa shape index (κ2) is 8.30. The molecule has 0 aliphatic heterocycles. The number of carbonyl (C=O) groups is 1. The molecule has 30 heavy (non-hydrogen) atoms. The molecule has 152 valence electrons. The van der Waals surface area contributed by atoms with Crippen molar-refractivity contribution >= 4 is 32.6 Å². The van der Waals surface area contributed by atoms with Gasteiger partial charge in [0.1, 0.15) is 11.4 Å². The molecule has 0 atom stereocenters. The lowest BCUT2D eigenvalue weighted by molar-refractivity contribution is -0.130. The quantitative estimate of drug-likeness (QED) is 0.489. The molecule has 4 aromatic rings. The van der Waals surface area contributed by atoms with Crippen molar-refractivity contribution in [2.45, 2.75) is 32.3 Å². The minimum absolute atomic E-state index is 0.459. The third-order valence-electron chi connectivity index (χ3n) is 4.65. The molecule has 0 fully saturated rings. The smallest absolute Gasteiger partial charge is 0.257 e. The molecular formula is C23H22N4O2S. The van der Waals surface area contributed by atoms with E-state index in [-0.39, 0.29) is 0 Å². The normalized spacial score (nSPS) is 11.6. The van der Waals surface area contributed by atoms with E-state index in [4.69, 9.17) is 4.98 Å². The summed E-state index contributed by atoms with van der Waals surface area (Å²) in [7, 11) is 0. The van der Waals surface area contributed by atoms with Crippen LogP contribution in [0, 0.1) is 0 Å². The van der Waals surface area contributed by atoms with Crippen LogP contribution >= 0.6 is 11.3 Å². The van der Waals surface area contributed by atoms with E-state index < -0.39 is 11.5 Å². The number of fused-ring (bicyclic) bond motifs is 1. The van der Waals surface area contributed by atoms with Gasteiger partial charge < -0.3 is 5.11 Å². The van der Waals surface area contributed by atoms with Crippen LogP contribution in [0.2, 0.25) is 0 Å². The number of rotatable bonds is 6. The molecule has 0 aliphatic carbocycles. The van der Waals surface area contributed by atoms with Gasteiger partial charge in [0.2, 0.25) is 0 Å². The van der Waals surface area contributed by atoms with Crippen molar-refractivity contribution in [2.75, 3.05) is 5.32 Å². The second-order valence-electron chi connectivity index (χ2n) is 7.56. The van der Waals surface area contributed by atoms with Gasteiger partial charge in [-0.3, -0.25) is 10.1 Å². The third-order valence-corrected chi connectivity index (χ3v) is 5.58. The average molecular weight is 419 g/mol. The Morgan fingerprint density at radius 3 is 2.63 bits per heavy atom. The number of amides is 1. The fourth-order valence-corrected chi connectivity index (χ4v) is 3.87. The first-order chi connectivity index (χ1) is 14.4. The molecule has 0 saturated heterocycles. The van der Waals surface area contributed by atoms with Crippen molar-refractivity contribution < 1.29 is 9.90 Å². The Morgan fingerprint density at radius 2 is 1.87 bits per heavy atom. The van der Waals surface area contributed by atoms with Crippen LogP contribution in [0.3, 0.4) is 0 Å². The van der Waals surface area contributed by atoms with E-state index in [1.54, 1.807) is 6.20 Å². The molecule has 4 rings (SSSR count). The largest absolute Gasteiger partial charge is 0.381 e. The van der Waals surface area contributed by atoms with Crippen LogP contribution in [0.15, 0.2) is 60.8 Å². The Hall–Kier alpha value is -3.16. The number of benzene rings is 2. The SMILES string of the molecule is CC(C)(O)C(=O)Nc1nc2ccc(-c3ccnc(CCc4ccccc4)n3)cc2s1. The lowest BCUT2D eigenvalue weighted by atomic mass is 10.1. The molecular weight excluding hydrogens is 396 g/mol. The van der Waals surface area contributed by atoms with Crippen molar-refractivity contribution in [3.63, 3.8) is 0 Å². The Balaban J connectivity index is 1.53. The van der Waals surface area contributed by atoms with Crippen molar-refractivity contribution in [3.05, 3.63) is 72.2 Å². The second-order valence-corrected chi connectivity index (χ2v) is 8.59. The predicted molar refractivity (Wildman–Crippen MR) is 119 cm³/mol. The van der Waals surface area contributed by atoms with Crippen molar-refractivity contribution in [3.8, 4) is 11.3 Å². The summed E-state index contributed by atoms with van der Waals surface area (Å²) >= 11 is 1.36. The van der Waals surface area contributed by atoms with Gasteiger partial charge in [0, 0.05) is 18.2 Å². The Kier molecular flexibility index (Phi) is 5.57. The van der Waals surface area contributed by atoms with Gasteiger partial charge in [-0.15, -0.1) is 0 Å². The van der Waals surface area contributed by atoms with Crippen molar-refractivity contribution in [1.29, 1.82) is 0 Å². The van der Waals surface area contributed by atoms with E-state index in [1.165, 1.54) is 30.7 Å². The minimum atomic E-state index is -1.46. The van der Waals surface area contributed by atoms with Crippen LogP contribution in [0.25, 0.3) is 21.5 Å². The molecule has 0 spiro atoms. The highest BCUT2D eigenvalue weighted by Crippen LogP contribution is 2.30. The fourth-order valence-electron chi connectivity index (χ4n) is 2.97. The highest BCUT2D eigenvalue weighted by Gasteiger charge is 2.24. The average Bonchev–Trinajstić information content (AvgIpc) is 3.14. The summed E-state index contributed by atoms with van der Waals surface area (Å²) < 4.78 is 0.933. The number of anilines is 1. The van der Waals surface area contributed by atoms with Gasteiger partial charge in [-0.25, -0.2) is 15.0 Å². The summed E-state index contributed by atoms with van der Waals surface area (Å²) in [5.41, 5.74) is 2.41. The lowest BCUT2D eigenvalue weighted by Gasteiger charge is -2.14. The highest BCUT2D eigenvalue weighted by molar-refractivity contribution is 7.22. The summed E-state index contributed by atoms with van der Waals surface area (Å²) in [6.45, 7) is 2.89. The first-order valence-corrected chi connectivity index (χ1v) is 10.5. The number of hydrogen-bond donors (Lipinski definition) is 2. The molecule has 2 heterocycles. The molecule has 1 amide bonds. The molecule has 0 saturated carbocycles. The fraction of sp³-hybridized carbons (Fsp3) is 0.217. The number of thiazole rings is 1. The summed E-state index contributed by atoms with van der Waals surface area (Å²) in [5, 5.41) is 12.9. The maximum absolute atomic E-state index is 12.0. The number of aryl methyl sites for hydroxylation is 2. The molecule has 0 radical (unpaired) electrons. The van der Waals surface area contributed by atoms with E-state index in [0.717, 1.165) is 40.1 Å². The van der Waals surface area contributed by atoms with Gasteiger partial charge in [0.05, 0.1) is 15.9 Å². The van der Waals surface area contributed by atoms with E-state index in [9.17, 15) is 9.90 Å². The zero-order valence-electron chi connectivity index (χ0n) is 16.8. The molecule has 0 unspecified atom stereocenters. The van der Waals surface area contributed by atoms with E-state index in [1.807, 2.05) is 42.5 Å². The molecule has 6 nitrogen and oxygen atoms in total. The molecule has 0 bridgehead atoms. The standard InChI is InChI=1S/C23H22N4O2S/c1-23(2,29)21(28)27-22-26-18-10-9-16(14-19(18)30-22)17-12-13-24-20(25-17)11-8-15-6-4-3-5-7-15/h3-7,9-10,12-14,29H,8,11H2,1-2H3,(H,26,27,28).